The lowest BCUT2D eigenvalue weighted by Crippen LogP contribution is -2.39. The maximum atomic E-state index is 12.3. The Kier molecular flexibility index (Phi) is 5.96. The zero-order chi connectivity index (χ0) is 14.4. The van der Waals surface area contributed by atoms with Crippen molar-refractivity contribution in [2.24, 2.45) is 0 Å². The van der Waals surface area contributed by atoms with Crippen molar-refractivity contribution in [3.63, 3.8) is 0 Å². The minimum Gasteiger partial charge on any atom is -0.352 e. The van der Waals surface area contributed by atoms with Gasteiger partial charge >= 0.3 is 0 Å². The first-order chi connectivity index (χ1) is 9.65. The molecule has 0 spiro atoms. The highest BCUT2D eigenvalue weighted by atomic mass is 32.2. The van der Waals surface area contributed by atoms with Crippen LogP contribution in [0.25, 0.3) is 0 Å². The van der Waals surface area contributed by atoms with Crippen LogP contribution in [0.3, 0.4) is 0 Å². The minimum atomic E-state index is -0.0269. The molecule has 0 saturated heterocycles. The lowest BCUT2D eigenvalue weighted by molar-refractivity contribution is -0.121. The summed E-state index contributed by atoms with van der Waals surface area (Å²) in [7, 11) is 0. The number of aryl methyl sites for hydroxylation is 1. The Balaban J connectivity index is 1.83. The smallest absolute Gasteiger partial charge is 0.233 e. The molecule has 1 N–H and O–H groups in total. The molecule has 20 heavy (non-hydrogen) atoms. The number of amides is 1. The van der Waals surface area contributed by atoms with Gasteiger partial charge in [0.05, 0.1) is 5.25 Å². The van der Waals surface area contributed by atoms with Crippen molar-refractivity contribution in [1.82, 2.24) is 5.32 Å². The van der Waals surface area contributed by atoms with E-state index in [9.17, 15) is 4.79 Å². The average molecular weight is 291 g/mol. The number of carbonyl (C=O) groups is 1. The van der Waals surface area contributed by atoms with Crippen molar-refractivity contribution < 1.29 is 4.79 Å². The largest absolute Gasteiger partial charge is 0.352 e. The average Bonchev–Trinajstić information content (AvgIpc) is 2.70. The van der Waals surface area contributed by atoms with E-state index in [4.69, 9.17) is 0 Å². The third-order valence-corrected chi connectivity index (χ3v) is 5.02. The Morgan fingerprint density at radius 1 is 1.15 bits per heavy atom. The van der Waals surface area contributed by atoms with E-state index in [-0.39, 0.29) is 11.2 Å². The van der Waals surface area contributed by atoms with Gasteiger partial charge in [0.2, 0.25) is 5.91 Å². The first-order valence-electron chi connectivity index (χ1n) is 7.69. The fourth-order valence-corrected chi connectivity index (χ4v) is 3.49. The van der Waals surface area contributed by atoms with E-state index in [0.29, 0.717) is 6.04 Å². The second-order valence-electron chi connectivity index (χ2n) is 5.77. The number of hydrogen-bond donors (Lipinski definition) is 1. The van der Waals surface area contributed by atoms with Gasteiger partial charge in [0.25, 0.3) is 0 Å². The van der Waals surface area contributed by atoms with Gasteiger partial charge < -0.3 is 5.32 Å². The van der Waals surface area contributed by atoms with Crippen molar-refractivity contribution in [3.8, 4) is 0 Å². The highest BCUT2D eigenvalue weighted by Crippen LogP contribution is 2.24. The summed E-state index contributed by atoms with van der Waals surface area (Å²) in [6.45, 7) is 4.08. The van der Waals surface area contributed by atoms with Crippen LogP contribution in [0.2, 0.25) is 0 Å². The summed E-state index contributed by atoms with van der Waals surface area (Å²) in [6.07, 6.45) is 7.44. The molecule has 0 unspecified atom stereocenters. The van der Waals surface area contributed by atoms with Crippen LogP contribution in [0, 0.1) is 6.92 Å². The zero-order valence-corrected chi connectivity index (χ0v) is 13.3. The normalized spacial score (nSPS) is 18.3. The van der Waals surface area contributed by atoms with Gasteiger partial charge in [-0.25, -0.2) is 0 Å². The molecule has 1 aromatic rings. The topological polar surface area (TPSA) is 29.1 Å². The van der Waals surface area contributed by atoms with Gasteiger partial charge in [-0.2, -0.15) is 0 Å². The third-order valence-electron chi connectivity index (χ3n) is 3.90. The summed E-state index contributed by atoms with van der Waals surface area (Å²) in [5, 5.41) is 3.20. The van der Waals surface area contributed by atoms with E-state index in [1.165, 1.54) is 36.1 Å². The molecule has 0 aromatic heterocycles. The molecule has 0 radical (unpaired) electrons. The number of carbonyl (C=O) groups excluding carboxylic acids is 1. The Hall–Kier alpha value is -0.960. The summed E-state index contributed by atoms with van der Waals surface area (Å²) in [5.41, 5.74) is 1.25. The fraction of sp³-hybridized carbons (Fsp3) is 0.588. The number of hydrogen-bond acceptors (Lipinski definition) is 2. The van der Waals surface area contributed by atoms with Crippen molar-refractivity contribution in [2.45, 2.75) is 68.6 Å². The van der Waals surface area contributed by atoms with Crippen molar-refractivity contribution in [2.75, 3.05) is 0 Å². The molecule has 110 valence electrons. The number of nitrogens with one attached hydrogen (secondary N) is 1. The Labute approximate surface area is 126 Å². The molecule has 1 aliphatic carbocycles. The Morgan fingerprint density at radius 2 is 1.75 bits per heavy atom. The Morgan fingerprint density at radius 3 is 2.35 bits per heavy atom. The quantitative estimate of drug-likeness (QED) is 0.661. The summed E-state index contributed by atoms with van der Waals surface area (Å²) in [4.78, 5) is 13.4. The molecular formula is C17H25NOS. The monoisotopic (exact) mass is 291 g/mol. The zero-order valence-electron chi connectivity index (χ0n) is 12.5. The molecular weight excluding hydrogens is 266 g/mol. The van der Waals surface area contributed by atoms with Crippen LogP contribution in [0.5, 0.6) is 0 Å². The van der Waals surface area contributed by atoms with Gasteiger partial charge in [0.1, 0.15) is 0 Å². The van der Waals surface area contributed by atoms with Gasteiger partial charge in [0.15, 0.2) is 0 Å². The number of benzene rings is 1. The molecule has 1 atom stereocenters. The highest BCUT2D eigenvalue weighted by Gasteiger charge is 2.19. The van der Waals surface area contributed by atoms with Crippen LogP contribution in [0.15, 0.2) is 29.2 Å². The molecule has 1 saturated carbocycles. The van der Waals surface area contributed by atoms with E-state index < -0.39 is 0 Å². The van der Waals surface area contributed by atoms with Gasteiger partial charge in [-0.05, 0) is 38.8 Å². The van der Waals surface area contributed by atoms with Crippen LogP contribution in [0.4, 0.5) is 0 Å². The lowest BCUT2D eigenvalue weighted by Gasteiger charge is -2.19. The maximum absolute atomic E-state index is 12.3. The van der Waals surface area contributed by atoms with Crippen molar-refractivity contribution >= 4 is 17.7 Å². The second-order valence-corrected chi connectivity index (χ2v) is 7.18. The molecule has 2 rings (SSSR count). The van der Waals surface area contributed by atoms with E-state index in [2.05, 4.69) is 36.5 Å². The van der Waals surface area contributed by atoms with Crippen LogP contribution >= 0.6 is 11.8 Å². The molecule has 0 heterocycles. The SMILES string of the molecule is Cc1ccc(S[C@@H](C)C(=O)NC2CCCCCC2)cc1. The van der Waals surface area contributed by atoms with E-state index >= 15 is 0 Å². The van der Waals surface area contributed by atoms with E-state index in [1.807, 2.05) is 6.92 Å². The minimum absolute atomic E-state index is 0.0269. The molecule has 3 heteroatoms. The van der Waals surface area contributed by atoms with Crippen molar-refractivity contribution in [1.29, 1.82) is 0 Å². The van der Waals surface area contributed by atoms with Crippen LogP contribution in [-0.4, -0.2) is 17.2 Å². The molecule has 2 nitrogen and oxygen atoms in total. The molecule has 1 fully saturated rings. The van der Waals surface area contributed by atoms with Crippen LogP contribution in [0.1, 0.15) is 51.0 Å². The molecule has 0 aliphatic heterocycles. The number of thioether (sulfide) groups is 1. The lowest BCUT2D eigenvalue weighted by atomic mass is 10.1. The summed E-state index contributed by atoms with van der Waals surface area (Å²) >= 11 is 1.64. The van der Waals surface area contributed by atoms with Gasteiger partial charge in [-0.3, -0.25) is 4.79 Å². The summed E-state index contributed by atoms with van der Waals surface area (Å²) < 4.78 is 0. The van der Waals surface area contributed by atoms with Gasteiger partial charge in [-0.15, -0.1) is 11.8 Å². The Bertz CT molecular complexity index is 421. The van der Waals surface area contributed by atoms with Crippen molar-refractivity contribution in [3.05, 3.63) is 29.8 Å². The standard InChI is InChI=1S/C17H25NOS/c1-13-9-11-16(12-10-13)20-14(2)17(19)18-15-7-5-3-4-6-8-15/h9-12,14-15H,3-8H2,1-2H3,(H,18,19)/t14-/m0/s1. The van der Waals surface area contributed by atoms with Gasteiger partial charge in [-0.1, -0.05) is 43.4 Å². The first-order valence-corrected chi connectivity index (χ1v) is 8.57. The third kappa shape index (κ3) is 4.86. The van der Waals surface area contributed by atoms with E-state index in [0.717, 1.165) is 12.8 Å². The highest BCUT2D eigenvalue weighted by molar-refractivity contribution is 8.00. The van der Waals surface area contributed by atoms with Gasteiger partial charge in [0, 0.05) is 10.9 Å². The van der Waals surface area contributed by atoms with Crippen LogP contribution < -0.4 is 5.32 Å². The van der Waals surface area contributed by atoms with Crippen LogP contribution in [-0.2, 0) is 4.79 Å². The molecule has 1 amide bonds. The molecule has 0 bridgehead atoms. The second kappa shape index (κ2) is 7.72. The molecule has 1 aromatic carbocycles. The fourth-order valence-electron chi connectivity index (χ4n) is 2.62. The summed E-state index contributed by atoms with van der Waals surface area (Å²) in [5.74, 6) is 0.183. The summed E-state index contributed by atoms with van der Waals surface area (Å²) in [6, 6.07) is 8.77. The maximum Gasteiger partial charge on any atom is 0.233 e. The first kappa shape index (κ1) is 15.4. The predicted molar refractivity (Wildman–Crippen MR) is 86.1 cm³/mol. The van der Waals surface area contributed by atoms with E-state index in [1.54, 1.807) is 11.8 Å². The number of rotatable bonds is 4. The molecule has 1 aliphatic rings. The predicted octanol–water partition coefficient (Wildman–Crippen LogP) is 4.31.